The monoisotopic (exact) mass is 219 g/mol. The summed E-state index contributed by atoms with van der Waals surface area (Å²) in [5, 5.41) is 8.68. The molecule has 0 saturated carbocycles. The maximum absolute atomic E-state index is 8.68. The van der Waals surface area contributed by atoms with Crippen LogP contribution in [0, 0.1) is 11.3 Å². The van der Waals surface area contributed by atoms with Gasteiger partial charge >= 0.3 is 0 Å². The number of nitrogens with two attached hydrogens (primary N) is 1. The molecule has 0 spiro atoms. The average Bonchev–Trinajstić information content (AvgIpc) is 2.29. The number of nitrogens with zero attached hydrogens (tertiary/aromatic N) is 2. The fourth-order valence-electron chi connectivity index (χ4n) is 1.13. The van der Waals surface area contributed by atoms with E-state index < -0.39 is 0 Å². The van der Waals surface area contributed by atoms with Crippen LogP contribution in [-0.2, 0) is 11.3 Å². The fourth-order valence-corrected chi connectivity index (χ4v) is 1.13. The third-order valence-corrected chi connectivity index (χ3v) is 2.45. The van der Waals surface area contributed by atoms with Crippen LogP contribution in [0.25, 0.3) is 0 Å². The summed E-state index contributed by atoms with van der Waals surface area (Å²) in [6.45, 7) is 4.96. The normalized spacial score (nSPS) is 14.1. The summed E-state index contributed by atoms with van der Waals surface area (Å²) in [7, 11) is 0. The Bertz CT molecular complexity index is 382. The molecule has 0 fully saturated rings. The van der Waals surface area contributed by atoms with Crippen LogP contribution in [0.4, 0.5) is 0 Å². The van der Waals surface area contributed by atoms with E-state index in [0.29, 0.717) is 18.9 Å². The van der Waals surface area contributed by atoms with Gasteiger partial charge in [-0.2, -0.15) is 5.26 Å². The van der Waals surface area contributed by atoms with Crippen LogP contribution in [0.3, 0.4) is 0 Å². The second-order valence-corrected chi connectivity index (χ2v) is 4.16. The van der Waals surface area contributed by atoms with Crippen molar-refractivity contribution in [2.24, 2.45) is 5.73 Å². The van der Waals surface area contributed by atoms with E-state index in [4.69, 9.17) is 15.7 Å². The van der Waals surface area contributed by atoms with E-state index in [-0.39, 0.29) is 5.54 Å². The zero-order valence-corrected chi connectivity index (χ0v) is 9.73. The molecule has 4 heteroatoms. The lowest BCUT2D eigenvalue weighted by Crippen LogP contribution is -2.40. The van der Waals surface area contributed by atoms with Gasteiger partial charge in [-0.05, 0) is 31.0 Å². The van der Waals surface area contributed by atoms with Gasteiger partial charge in [0.1, 0.15) is 11.8 Å². The van der Waals surface area contributed by atoms with Crippen molar-refractivity contribution in [1.82, 2.24) is 4.98 Å². The summed E-state index contributed by atoms with van der Waals surface area (Å²) in [6, 6.07) is 5.55. The molecule has 0 amide bonds. The first-order valence-electron chi connectivity index (χ1n) is 5.29. The van der Waals surface area contributed by atoms with Gasteiger partial charge in [0.15, 0.2) is 0 Å². The van der Waals surface area contributed by atoms with Crippen LogP contribution in [-0.4, -0.2) is 17.1 Å². The first kappa shape index (κ1) is 12.6. The van der Waals surface area contributed by atoms with Gasteiger partial charge in [0.05, 0.1) is 13.2 Å². The van der Waals surface area contributed by atoms with Crippen molar-refractivity contribution < 1.29 is 4.74 Å². The molecule has 0 bridgehead atoms. The predicted molar refractivity (Wildman–Crippen MR) is 61.5 cm³/mol. The van der Waals surface area contributed by atoms with Crippen molar-refractivity contribution in [2.75, 3.05) is 6.61 Å². The molecule has 86 valence electrons. The highest BCUT2D eigenvalue weighted by Crippen LogP contribution is 2.08. The van der Waals surface area contributed by atoms with Gasteiger partial charge in [-0.15, -0.1) is 0 Å². The Labute approximate surface area is 96.1 Å². The number of hydrogen-bond donors (Lipinski definition) is 1. The minimum Gasteiger partial charge on any atom is -0.375 e. The molecule has 1 aromatic rings. The Morgan fingerprint density at radius 2 is 2.38 bits per heavy atom. The van der Waals surface area contributed by atoms with Crippen molar-refractivity contribution >= 4 is 0 Å². The van der Waals surface area contributed by atoms with Crippen molar-refractivity contribution in [1.29, 1.82) is 5.26 Å². The van der Waals surface area contributed by atoms with Crippen molar-refractivity contribution in [3.05, 3.63) is 29.6 Å². The minimum absolute atomic E-state index is 0.287. The quantitative estimate of drug-likeness (QED) is 0.816. The first-order valence-corrected chi connectivity index (χ1v) is 5.29. The van der Waals surface area contributed by atoms with E-state index in [9.17, 15) is 0 Å². The molecule has 2 N–H and O–H groups in total. The molecule has 0 saturated heterocycles. The Morgan fingerprint density at radius 3 is 3.00 bits per heavy atom. The highest BCUT2D eigenvalue weighted by molar-refractivity contribution is 5.24. The van der Waals surface area contributed by atoms with E-state index in [2.05, 4.69) is 4.98 Å². The van der Waals surface area contributed by atoms with E-state index in [0.717, 1.165) is 12.0 Å². The summed E-state index contributed by atoms with van der Waals surface area (Å²) in [6.07, 6.45) is 2.48. The topological polar surface area (TPSA) is 71.9 Å². The van der Waals surface area contributed by atoms with Crippen LogP contribution in [0.5, 0.6) is 0 Å². The molecule has 1 rings (SSSR count). The fraction of sp³-hybridized carbons (Fsp3) is 0.500. The summed E-state index contributed by atoms with van der Waals surface area (Å²) < 4.78 is 5.51. The van der Waals surface area contributed by atoms with Crippen molar-refractivity contribution in [3.63, 3.8) is 0 Å². The molecule has 1 aromatic heterocycles. The first-order chi connectivity index (χ1) is 7.57. The van der Waals surface area contributed by atoms with Gasteiger partial charge in [0, 0.05) is 11.7 Å². The highest BCUT2D eigenvalue weighted by atomic mass is 16.5. The Morgan fingerprint density at radius 1 is 1.62 bits per heavy atom. The number of pyridine rings is 1. The maximum atomic E-state index is 8.68. The molecule has 4 nitrogen and oxygen atoms in total. The van der Waals surface area contributed by atoms with E-state index in [1.807, 2.05) is 26.0 Å². The molecular weight excluding hydrogens is 202 g/mol. The van der Waals surface area contributed by atoms with E-state index in [1.165, 1.54) is 0 Å². The molecule has 1 heterocycles. The Hall–Kier alpha value is -1.44. The van der Waals surface area contributed by atoms with Gasteiger partial charge in [-0.3, -0.25) is 0 Å². The number of aromatic nitrogens is 1. The van der Waals surface area contributed by atoms with Gasteiger partial charge in [0.25, 0.3) is 0 Å². The van der Waals surface area contributed by atoms with Crippen LogP contribution < -0.4 is 5.73 Å². The van der Waals surface area contributed by atoms with Gasteiger partial charge < -0.3 is 10.5 Å². The zero-order valence-electron chi connectivity index (χ0n) is 9.73. The Kier molecular flexibility index (Phi) is 4.41. The van der Waals surface area contributed by atoms with Gasteiger partial charge in [0.2, 0.25) is 0 Å². The third kappa shape index (κ3) is 3.97. The van der Waals surface area contributed by atoms with E-state index >= 15 is 0 Å². The number of nitriles is 1. The molecule has 0 aliphatic heterocycles. The number of hydrogen-bond acceptors (Lipinski definition) is 4. The van der Waals surface area contributed by atoms with Crippen LogP contribution in [0.1, 0.15) is 31.5 Å². The molecule has 0 aromatic carbocycles. The average molecular weight is 219 g/mol. The number of rotatable bonds is 5. The molecule has 0 aliphatic carbocycles. The standard InChI is InChI=1S/C12H17N3O/c1-3-12(2,14)9-16-8-10-4-5-15-11(6-10)7-13/h4-6H,3,8-9,14H2,1-2H3. The van der Waals surface area contributed by atoms with Crippen LogP contribution in [0.2, 0.25) is 0 Å². The maximum Gasteiger partial charge on any atom is 0.140 e. The highest BCUT2D eigenvalue weighted by Gasteiger charge is 2.15. The zero-order chi connectivity index (χ0) is 12.0. The van der Waals surface area contributed by atoms with Gasteiger partial charge in [-0.25, -0.2) is 4.98 Å². The summed E-state index contributed by atoms with van der Waals surface area (Å²) >= 11 is 0. The second kappa shape index (κ2) is 5.59. The molecule has 16 heavy (non-hydrogen) atoms. The predicted octanol–water partition coefficient (Wildman–Crippen LogP) is 1.60. The summed E-state index contributed by atoms with van der Waals surface area (Å²) in [5.41, 5.74) is 7.01. The summed E-state index contributed by atoms with van der Waals surface area (Å²) in [4.78, 5) is 3.89. The lowest BCUT2D eigenvalue weighted by Gasteiger charge is -2.22. The Balaban J connectivity index is 2.46. The second-order valence-electron chi connectivity index (χ2n) is 4.16. The van der Waals surface area contributed by atoms with Crippen molar-refractivity contribution in [3.8, 4) is 6.07 Å². The lowest BCUT2D eigenvalue weighted by atomic mass is 10.0. The van der Waals surface area contributed by atoms with Crippen LogP contribution in [0.15, 0.2) is 18.3 Å². The largest absolute Gasteiger partial charge is 0.375 e. The molecule has 1 atom stereocenters. The van der Waals surface area contributed by atoms with Crippen LogP contribution >= 0.6 is 0 Å². The van der Waals surface area contributed by atoms with Crippen molar-refractivity contribution in [2.45, 2.75) is 32.4 Å². The molecule has 1 unspecified atom stereocenters. The molecular formula is C12H17N3O. The molecule has 0 radical (unpaired) electrons. The summed E-state index contributed by atoms with van der Waals surface area (Å²) in [5.74, 6) is 0. The SMILES string of the molecule is CCC(C)(N)COCc1ccnc(C#N)c1. The lowest BCUT2D eigenvalue weighted by molar-refractivity contribution is 0.0777. The van der Waals surface area contributed by atoms with E-state index in [1.54, 1.807) is 12.3 Å². The smallest absolute Gasteiger partial charge is 0.140 e. The third-order valence-electron chi connectivity index (χ3n) is 2.45. The minimum atomic E-state index is -0.287. The number of ether oxygens (including phenoxy) is 1. The van der Waals surface area contributed by atoms with Gasteiger partial charge in [-0.1, -0.05) is 6.92 Å². The molecule has 0 aliphatic rings.